The van der Waals surface area contributed by atoms with Crippen LogP contribution < -0.4 is 10.2 Å². The largest absolute Gasteiger partial charge is 0.456 e. The van der Waals surface area contributed by atoms with Gasteiger partial charge in [0.05, 0.1) is 5.69 Å². The van der Waals surface area contributed by atoms with Crippen LogP contribution in [0.15, 0.2) is 28.8 Å². The van der Waals surface area contributed by atoms with Crippen LogP contribution in [0.4, 0.5) is 11.5 Å². The molecule has 0 saturated carbocycles. The molecule has 1 fully saturated rings. The second kappa shape index (κ2) is 7.05. The Bertz CT molecular complexity index is 718. The van der Waals surface area contributed by atoms with Gasteiger partial charge in [0.2, 0.25) is 0 Å². The molecule has 3 rings (SSSR count). The van der Waals surface area contributed by atoms with E-state index in [4.69, 9.17) is 4.42 Å². The van der Waals surface area contributed by atoms with E-state index in [1.54, 1.807) is 12.3 Å². The highest BCUT2D eigenvalue weighted by atomic mass is 16.3. The van der Waals surface area contributed by atoms with E-state index < -0.39 is 0 Å². The number of aliphatic hydroxyl groups is 1. The van der Waals surface area contributed by atoms with Crippen LogP contribution in [0.5, 0.6) is 0 Å². The molecule has 0 unspecified atom stereocenters. The summed E-state index contributed by atoms with van der Waals surface area (Å²) in [5.41, 5.74) is 1.50. The first-order valence-electron chi connectivity index (χ1n) is 8.27. The van der Waals surface area contributed by atoms with Crippen LogP contribution in [0, 0.1) is 19.8 Å². The standard InChI is InChI=1S/C18H23N3O3/c1-12-10-13(2)24-16(12)18(23)20-15-4-3-7-19-17(15)21-8-5-14(11-22)6-9-21/h3-4,7,10,14,22H,5-6,8-9,11H2,1-2H3,(H,20,23). The molecule has 0 spiro atoms. The second-order valence-electron chi connectivity index (χ2n) is 6.31. The number of rotatable bonds is 4. The Kier molecular flexibility index (Phi) is 4.85. The van der Waals surface area contributed by atoms with Gasteiger partial charge in [-0.15, -0.1) is 0 Å². The van der Waals surface area contributed by atoms with Gasteiger partial charge >= 0.3 is 0 Å². The van der Waals surface area contributed by atoms with E-state index in [1.807, 2.05) is 26.0 Å². The zero-order valence-corrected chi connectivity index (χ0v) is 14.1. The number of aromatic nitrogens is 1. The van der Waals surface area contributed by atoms with Crippen molar-refractivity contribution in [3.63, 3.8) is 0 Å². The highest BCUT2D eigenvalue weighted by Crippen LogP contribution is 2.28. The van der Waals surface area contributed by atoms with Crippen molar-refractivity contribution < 1.29 is 14.3 Å². The smallest absolute Gasteiger partial charge is 0.291 e. The average molecular weight is 329 g/mol. The lowest BCUT2D eigenvalue weighted by atomic mass is 9.98. The predicted molar refractivity (Wildman–Crippen MR) is 92.4 cm³/mol. The number of aryl methyl sites for hydroxylation is 2. The number of piperidine rings is 1. The molecule has 0 bridgehead atoms. The minimum absolute atomic E-state index is 0.233. The first-order valence-corrected chi connectivity index (χ1v) is 8.27. The summed E-state index contributed by atoms with van der Waals surface area (Å²) in [4.78, 5) is 19.1. The number of furan rings is 1. The zero-order valence-electron chi connectivity index (χ0n) is 14.1. The number of hydrogen-bond donors (Lipinski definition) is 2. The van der Waals surface area contributed by atoms with Gasteiger partial charge in [-0.25, -0.2) is 4.98 Å². The minimum atomic E-state index is -0.264. The SMILES string of the molecule is Cc1cc(C)c(C(=O)Nc2cccnc2N2CCC(CO)CC2)o1. The molecule has 3 heterocycles. The summed E-state index contributed by atoms with van der Waals surface area (Å²) in [6.07, 6.45) is 3.58. The molecule has 1 aliphatic rings. The Balaban J connectivity index is 1.77. The number of hydrogen-bond acceptors (Lipinski definition) is 5. The third kappa shape index (κ3) is 3.43. The third-order valence-electron chi connectivity index (χ3n) is 4.45. The number of pyridine rings is 1. The minimum Gasteiger partial charge on any atom is -0.456 e. The van der Waals surface area contributed by atoms with Crippen LogP contribution in [0.3, 0.4) is 0 Å². The molecule has 128 valence electrons. The van der Waals surface area contributed by atoms with E-state index >= 15 is 0 Å². The van der Waals surface area contributed by atoms with Crippen molar-refractivity contribution in [2.75, 3.05) is 29.9 Å². The van der Waals surface area contributed by atoms with Crippen molar-refractivity contribution in [1.29, 1.82) is 0 Å². The van der Waals surface area contributed by atoms with Crippen LogP contribution in [0.25, 0.3) is 0 Å². The topological polar surface area (TPSA) is 78.6 Å². The summed E-state index contributed by atoms with van der Waals surface area (Å²) in [6, 6.07) is 5.50. The van der Waals surface area contributed by atoms with Crippen LogP contribution in [0.1, 0.15) is 34.7 Å². The number of amides is 1. The number of carbonyl (C=O) groups excluding carboxylic acids is 1. The Morgan fingerprint density at radius 3 is 2.79 bits per heavy atom. The summed E-state index contributed by atoms with van der Waals surface area (Å²) in [5.74, 6) is 1.91. The molecule has 1 aliphatic heterocycles. The second-order valence-corrected chi connectivity index (χ2v) is 6.31. The predicted octanol–water partition coefficient (Wildman–Crippen LogP) is 2.75. The highest BCUT2D eigenvalue weighted by Gasteiger charge is 2.23. The maximum absolute atomic E-state index is 12.5. The molecule has 2 aromatic heterocycles. The van der Waals surface area contributed by atoms with Crippen LogP contribution >= 0.6 is 0 Å². The first kappa shape index (κ1) is 16.5. The van der Waals surface area contributed by atoms with Crippen molar-refractivity contribution in [1.82, 2.24) is 4.98 Å². The highest BCUT2D eigenvalue weighted by molar-refractivity contribution is 6.04. The molecule has 1 saturated heterocycles. The Hall–Kier alpha value is -2.34. The lowest BCUT2D eigenvalue weighted by Crippen LogP contribution is -2.35. The quantitative estimate of drug-likeness (QED) is 0.902. The summed E-state index contributed by atoms with van der Waals surface area (Å²) in [6.45, 7) is 5.56. The van der Waals surface area contributed by atoms with Crippen molar-refractivity contribution >= 4 is 17.4 Å². The van der Waals surface area contributed by atoms with Crippen LogP contribution in [-0.4, -0.2) is 35.7 Å². The molecule has 2 N–H and O–H groups in total. The number of aliphatic hydroxyl groups excluding tert-OH is 1. The Labute approximate surface area is 141 Å². The lowest BCUT2D eigenvalue weighted by Gasteiger charge is -2.33. The molecule has 0 aliphatic carbocycles. The van der Waals surface area contributed by atoms with Crippen molar-refractivity contribution in [3.8, 4) is 0 Å². The molecule has 6 nitrogen and oxygen atoms in total. The van der Waals surface area contributed by atoms with Gasteiger partial charge in [0.25, 0.3) is 5.91 Å². The van der Waals surface area contributed by atoms with Crippen molar-refractivity contribution in [2.45, 2.75) is 26.7 Å². The van der Waals surface area contributed by atoms with Gasteiger partial charge in [0.1, 0.15) is 5.76 Å². The zero-order chi connectivity index (χ0) is 17.1. The molecule has 0 radical (unpaired) electrons. The van der Waals surface area contributed by atoms with Gasteiger partial charge in [-0.2, -0.15) is 0 Å². The normalized spacial score (nSPS) is 15.5. The molecule has 1 amide bonds. The van der Waals surface area contributed by atoms with E-state index in [0.29, 0.717) is 17.4 Å². The monoisotopic (exact) mass is 329 g/mol. The number of nitrogens with zero attached hydrogens (tertiary/aromatic N) is 2. The molecule has 2 aromatic rings. The van der Waals surface area contributed by atoms with Gasteiger partial charge in [0.15, 0.2) is 11.6 Å². The summed E-state index contributed by atoms with van der Waals surface area (Å²) < 4.78 is 5.49. The summed E-state index contributed by atoms with van der Waals surface area (Å²) in [7, 11) is 0. The Morgan fingerprint density at radius 1 is 1.42 bits per heavy atom. The fourth-order valence-corrected chi connectivity index (χ4v) is 3.12. The fourth-order valence-electron chi connectivity index (χ4n) is 3.12. The van der Waals surface area contributed by atoms with E-state index in [9.17, 15) is 9.90 Å². The van der Waals surface area contributed by atoms with Gasteiger partial charge in [0, 0.05) is 31.5 Å². The molecule has 0 atom stereocenters. The lowest BCUT2D eigenvalue weighted by molar-refractivity contribution is 0.0994. The van der Waals surface area contributed by atoms with E-state index in [1.165, 1.54) is 0 Å². The van der Waals surface area contributed by atoms with Gasteiger partial charge in [-0.1, -0.05) is 0 Å². The maximum atomic E-state index is 12.5. The van der Waals surface area contributed by atoms with Crippen molar-refractivity contribution in [2.24, 2.45) is 5.92 Å². The van der Waals surface area contributed by atoms with Crippen LogP contribution in [0.2, 0.25) is 0 Å². The van der Waals surface area contributed by atoms with Gasteiger partial charge in [-0.05, 0) is 50.8 Å². The van der Waals surface area contributed by atoms with E-state index in [-0.39, 0.29) is 12.5 Å². The van der Waals surface area contributed by atoms with Crippen LogP contribution in [-0.2, 0) is 0 Å². The molecule has 24 heavy (non-hydrogen) atoms. The van der Waals surface area contributed by atoms with Gasteiger partial charge < -0.3 is 19.7 Å². The summed E-state index contributed by atoms with van der Waals surface area (Å²) in [5, 5.41) is 12.2. The molecular weight excluding hydrogens is 306 g/mol. The first-order chi connectivity index (χ1) is 11.6. The fraction of sp³-hybridized carbons (Fsp3) is 0.444. The number of carbonyl (C=O) groups is 1. The number of nitrogens with one attached hydrogen (secondary N) is 1. The number of anilines is 2. The Morgan fingerprint density at radius 2 is 2.17 bits per heavy atom. The summed E-state index contributed by atoms with van der Waals surface area (Å²) >= 11 is 0. The molecular formula is C18H23N3O3. The molecule has 0 aromatic carbocycles. The van der Waals surface area contributed by atoms with Crippen molar-refractivity contribution in [3.05, 3.63) is 41.5 Å². The maximum Gasteiger partial charge on any atom is 0.291 e. The third-order valence-corrected chi connectivity index (χ3v) is 4.45. The van der Waals surface area contributed by atoms with E-state index in [0.717, 1.165) is 43.1 Å². The van der Waals surface area contributed by atoms with Gasteiger partial charge in [-0.3, -0.25) is 4.79 Å². The van der Waals surface area contributed by atoms with E-state index in [2.05, 4.69) is 15.2 Å². The average Bonchev–Trinajstić information content (AvgIpc) is 2.94. The molecule has 6 heteroatoms.